The van der Waals surface area contributed by atoms with Crippen LogP contribution in [-0.4, -0.2) is 37.5 Å². The number of imidazole rings is 1. The van der Waals surface area contributed by atoms with Crippen LogP contribution in [0.4, 0.5) is 5.95 Å². The molecular formula is C16H18N6O4. The Bertz CT molecular complexity index is 1110. The molecule has 0 saturated heterocycles. The van der Waals surface area contributed by atoms with E-state index in [4.69, 9.17) is 4.74 Å². The highest BCUT2D eigenvalue weighted by Crippen LogP contribution is 2.28. The van der Waals surface area contributed by atoms with Gasteiger partial charge in [-0.15, -0.1) is 0 Å². The highest BCUT2D eigenvalue weighted by Gasteiger charge is 2.15. The fourth-order valence-corrected chi connectivity index (χ4v) is 2.60. The van der Waals surface area contributed by atoms with Crippen LogP contribution in [0.5, 0.6) is 11.5 Å². The van der Waals surface area contributed by atoms with E-state index in [9.17, 15) is 14.7 Å². The molecule has 3 aromatic rings. The summed E-state index contributed by atoms with van der Waals surface area (Å²) >= 11 is 0. The van der Waals surface area contributed by atoms with Crippen molar-refractivity contribution in [1.29, 1.82) is 0 Å². The molecule has 3 rings (SSSR count). The van der Waals surface area contributed by atoms with Crippen molar-refractivity contribution >= 4 is 23.3 Å². The number of rotatable bonds is 5. The van der Waals surface area contributed by atoms with Gasteiger partial charge >= 0.3 is 5.69 Å². The normalized spacial score (nSPS) is 11.3. The first-order valence-corrected chi connectivity index (χ1v) is 7.82. The van der Waals surface area contributed by atoms with Crippen LogP contribution in [0.2, 0.25) is 0 Å². The van der Waals surface area contributed by atoms with Crippen LogP contribution in [0.3, 0.4) is 0 Å². The summed E-state index contributed by atoms with van der Waals surface area (Å²) in [6.45, 7) is 2.29. The first-order valence-electron chi connectivity index (χ1n) is 7.82. The Morgan fingerprint density at radius 3 is 2.88 bits per heavy atom. The number of aromatic hydroxyl groups is 1. The zero-order valence-electron chi connectivity index (χ0n) is 14.5. The van der Waals surface area contributed by atoms with E-state index in [0.29, 0.717) is 23.8 Å². The molecule has 0 bridgehead atoms. The molecule has 0 spiro atoms. The molecule has 10 heteroatoms. The van der Waals surface area contributed by atoms with E-state index in [1.807, 2.05) is 6.92 Å². The van der Waals surface area contributed by atoms with Gasteiger partial charge < -0.3 is 14.4 Å². The number of ether oxygens (including phenoxy) is 1. The molecule has 10 nitrogen and oxygen atoms in total. The van der Waals surface area contributed by atoms with Crippen molar-refractivity contribution in [2.45, 2.75) is 13.5 Å². The highest BCUT2D eigenvalue weighted by molar-refractivity contribution is 5.85. The van der Waals surface area contributed by atoms with Crippen molar-refractivity contribution in [2.75, 3.05) is 12.5 Å². The van der Waals surface area contributed by atoms with E-state index in [0.717, 1.165) is 0 Å². The quantitative estimate of drug-likeness (QED) is 0.453. The van der Waals surface area contributed by atoms with Crippen molar-refractivity contribution in [1.82, 2.24) is 19.1 Å². The largest absolute Gasteiger partial charge is 0.504 e. The maximum absolute atomic E-state index is 12.1. The topological polar surface area (TPSA) is 127 Å². The number of fused-ring (bicyclic) bond motifs is 1. The minimum absolute atomic E-state index is 0.0385. The van der Waals surface area contributed by atoms with Gasteiger partial charge in [-0.2, -0.15) is 10.1 Å². The zero-order valence-corrected chi connectivity index (χ0v) is 14.5. The summed E-state index contributed by atoms with van der Waals surface area (Å²) in [5.41, 5.74) is 2.66. The maximum atomic E-state index is 12.1. The van der Waals surface area contributed by atoms with Crippen LogP contribution in [0, 0.1) is 0 Å². The Hall–Kier alpha value is -3.56. The Balaban J connectivity index is 2.00. The molecule has 0 radical (unpaired) electrons. The maximum Gasteiger partial charge on any atom is 0.329 e. The van der Waals surface area contributed by atoms with E-state index >= 15 is 0 Å². The van der Waals surface area contributed by atoms with E-state index in [2.05, 4.69) is 20.5 Å². The molecule has 0 aliphatic rings. The lowest BCUT2D eigenvalue weighted by atomic mass is 10.2. The third-order valence-corrected chi connectivity index (χ3v) is 3.94. The number of nitrogens with one attached hydrogen (secondary N) is 2. The number of nitrogens with zero attached hydrogens (tertiary/aromatic N) is 4. The van der Waals surface area contributed by atoms with E-state index in [-0.39, 0.29) is 16.9 Å². The molecule has 0 aliphatic heterocycles. The van der Waals surface area contributed by atoms with E-state index in [1.165, 1.54) is 24.9 Å². The van der Waals surface area contributed by atoms with Crippen molar-refractivity contribution in [3.05, 3.63) is 44.6 Å². The molecule has 1 aromatic carbocycles. The predicted octanol–water partition coefficient (Wildman–Crippen LogP) is 0.603. The minimum atomic E-state index is -0.542. The molecule has 0 fully saturated rings. The molecular weight excluding hydrogens is 340 g/mol. The molecule has 2 aromatic heterocycles. The molecule has 0 unspecified atom stereocenters. The number of aryl methyl sites for hydroxylation is 2. The summed E-state index contributed by atoms with van der Waals surface area (Å²) in [5, 5.41) is 14.1. The number of aromatic amines is 1. The number of para-hydroxylation sites is 1. The van der Waals surface area contributed by atoms with Gasteiger partial charge in [0, 0.05) is 19.2 Å². The third-order valence-electron chi connectivity index (χ3n) is 3.94. The predicted molar refractivity (Wildman–Crippen MR) is 97.1 cm³/mol. The second-order valence-corrected chi connectivity index (χ2v) is 5.44. The fraction of sp³-hybridized carbons (Fsp3) is 0.250. The number of phenolic OH excluding ortho intramolecular Hbond substituents is 1. The Kier molecular flexibility index (Phi) is 4.48. The molecule has 0 atom stereocenters. The number of benzene rings is 1. The fourth-order valence-electron chi connectivity index (χ4n) is 2.60. The number of methoxy groups -OCH3 is 1. The second-order valence-electron chi connectivity index (χ2n) is 5.44. The summed E-state index contributed by atoms with van der Waals surface area (Å²) < 4.78 is 7.91. The van der Waals surface area contributed by atoms with Gasteiger partial charge in [0.2, 0.25) is 5.95 Å². The lowest BCUT2D eigenvalue weighted by Gasteiger charge is -2.06. The molecule has 136 valence electrons. The zero-order chi connectivity index (χ0) is 18.8. The van der Waals surface area contributed by atoms with Gasteiger partial charge in [-0.3, -0.25) is 14.3 Å². The Morgan fingerprint density at radius 1 is 1.42 bits per heavy atom. The van der Waals surface area contributed by atoms with Gasteiger partial charge in [0.15, 0.2) is 22.7 Å². The number of anilines is 1. The minimum Gasteiger partial charge on any atom is -0.504 e. The third kappa shape index (κ3) is 2.81. The lowest BCUT2D eigenvalue weighted by molar-refractivity contribution is 0.373. The first kappa shape index (κ1) is 17.3. The molecule has 0 saturated carbocycles. The van der Waals surface area contributed by atoms with Gasteiger partial charge in [-0.05, 0) is 19.1 Å². The van der Waals surface area contributed by atoms with Crippen LogP contribution < -0.4 is 21.4 Å². The molecule has 26 heavy (non-hydrogen) atoms. The first-order chi connectivity index (χ1) is 12.5. The SMILES string of the molecule is CCn1c(N/N=C/c2cccc(OC)c2O)nc2c1c(=O)[nH]c(=O)n2C. The van der Waals surface area contributed by atoms with Crippen molar-refractivity contribution in [3.63, 3.8) is 0 Å². The highest BCUT2D eigenvalue weighted by atomic mass is 16.5. The average molecular weight is 358 g/mol. The monoisotopic (exact) mass is 358 g/mol. The smallest absolute Gasteiger partial charge is 0.329 e. The van der Waals surface area contributed by atoms with Crippen molar-refractivity contribution in [2.24, 2.45) is 12.1 Å². The van der Waals surface area contributed by atoms with Crippen LogP contribution in [0.15, 0.2) is 32.9 Å². The summed E-state index contributed by atoms with van der Waals surface area (Å²) in [6, 6.07) is 5.01. The average Bonchev–Trinajstić information content (AvgIpc) is 3.00. The molecule has 2 heterocycles. The molecule has 0 amide bonds. The number of H-pyrrole nitrogens is 1. The van der Waals surface area contributed by atoms with Crippen LogP contribution in [0.25, 0.3) is 11.2 Å². The van der Waals surface area contributed by atoms with Gasteiger partial charge in [0.05, 0.1) is 13.3 Å². The lowest BCUT2D eigenvalue weighted by Crippen LogP contribution is -2.29. The van der Waals surface area contributed by atoms with Crippen LogP contribution in [0.1, 0.15) is 12.5 Å². The van der Waals surface area contributed by atoms with Gasteiger partial charge in [0.25, 0.3) is 5.56 Å². The van der Waals surface area contributed by atoms with Gasteiger partial charge in [0.1, 0.15) is 0 Å². The number of hydrazone groups is 1. The summed E-state index contributed by atoms with van der Waals surface area (Å²) in [7, 11) is 2.98. The molecule has 3 N–H and O–H groups in total. The van der Waals surface area contributed by atoms with E-state index in [1.54, 1.807) is 22.8 Å². The number of hydrogen-bond acceptors (Lipinski definition) is 7. The Morgan fingerprint density at radius 2 is 2.19 bits per heavy atom. The second kappa shape index (κ2) is 6.75. The Labute approximate surface area is 147 Å². The molecule has 0 aliphatic carbocycles. The van der Waals surface area contributed by atoms with Gasteiger partial charge in [-0.1, -0.05) is 6.07 Å². The van der Waals surface area contributed by atoms with Crippen molar-refractivity contribution in [3.8, 4) is 11.5 Å². The number of hydrogen-bond donors (Lipinski definition) is 3. The van der Waals surface area contributed by atoms with Crippen LogP contribution >= 0.6 is 0 Å². The van der Waals surface area contributed by atoms with E-state index < -0.39 is 11.2 Å². The summed E-state index contributed by atoms with van der Waals surface area (Å²) in [6.07, 6.45) is 1.40. The number of phenols is 1. The summed E-state index contributed by atoms with van der Waals surface area (Å²) in [5.74, 6) is 0.590. The standard InChI is InChI=1S/C16H18N6O4/c1-4-22-11-13(21(2)16(25)19-14(11)24)18-15(22)20-17-8-9-6-5-7-10(26-3)12(9)23/h5-8,23H,4H2,1-3H3,(H,18,20)(H,19,24,25)/b17-8+. The van der Waals surface area contributed by atoms with Crippen LogP contribution in [-0.2, 0) is 13.6 Å². The van der Waals surface area contributed by atoms with Gasteiger partial charge in [-0.25, -0.2) is 10.2 Å². The summed E-state index contributed by atoms with van der Waals surface area (Å²) in [4.78, 5) is 30.4. The number of aromatic nitrogens is 4. The van der Waals surface area contributed by atoms with Crippen molar-refractivity contribution < 1.29 is 9.84 Å².